The standard InChI is InChI=1S/C14H7F3N2O3/c15-14(16,17)11-7-10(6-5-9(11)8-18)22-13-4-2-1-3-12(13)19(20)21/h1-7H. The van der Waals surface area contributed by atoms with Crippen LogP contribution in [0, 0.1) is 21.4 Å². The Bertz CT molecular complexity index is 767. The zero-order valence-corrected chi connectivity index (χ0v) is 10.8. The van der Waals surface area contributed by atoms with E-state index in [9.17, 15) is 23.3 Å². The summed E-state index contributed by atoms with van der Waals surface area (Å²) in [4.78, 5) is 10.1. The molecule has 0 N–H and O–H groups in total. The van der Waals surface area contributed by atoms with E-state index in [1.807, 2.05) is 0 Å². The summed E-state index contributed by atoms with van der Waals surface area (Å²) in [5.74, 6) is -0.439. The van der Waals surface area contributed by atoms with E-state index in [1.165, 1.54) is 30.3 Å². The van der Waals surface area contributed by atoms with Gasteiger partial charge in [-0.15, -0.1) is 0 Å². The molecule has 0 heterocycles. The van der Waals surface area contributed by atoms with Gasteiger partial charge < -0.3 is 4.74 Å². The van der Waals surface area contributed by atoms with Crippen molar-refractivity contribution in [2.45, 2.75) is 6.18 Å². The predicted molar refractivity (Wildman–Crippen MR) is 69.3 cm³/mol. The highest BCUT2D eigenvalue weighted by Crippen LogP contribution is 2.36. The van der Waals surface area contributed by atoms with Gasteiger partial charge in [-0.2, -0.15) is 18.4 Å². The number of nitriles is 1. The first-order valence-electron chi connectivity index (χ1n) is 5.85. The lowest BCUT2D eigenvalue weighted by Gasteiger charge is -2.11. The van der Waals surface area contributed by atoms with E-state index in [2.05, 4.69) is 0 Å². The fraction of sp³-hybridized carbons (Fsp3) is 0.0714. The van der Waals surface area contributed by atoms with Gasteiger partial charge >= 0.3 is 11.9 Å². The number of ether oxygens (including phenoxy) is 1. The van der Waals surface area contributed by atoms with Gasteiger partial charge in [-0.1, -0.05) is 12.1 Å². The van der Waals surface area contributed by atoms with Crippen LogP contribution in [0.3, 0.4) is 0 Å². The fourth-order valence-electron chi connectivity index (χ4n) is 1.74. The van der Waals surface area contributed by atoms with Crippen molar-refractivity contribution in [3.8, 4) is 17.6 Å². The second-order valence-electron chi connectivity index (χ2n) is 4.14. The summed E-state index contributed by atoms with van der Waals surface area (Å²) in [5, 5.41) is 19.5. The number of nitro benzene ring substituents is 1. The zero-order chi connectivity index (χ0) is 16.3. The number of nitro groups is 1. The Morgan fingerprint density at radius 3 is 2.45 bits per heavy atom. The van der Waals surface area contributed by atoms with Crippen LogP contribution in [-0.2, 0) is 6.18 Å². The summed E-state index contributed by atoms with van der Waals surface area (Å²) >= 11 is 0. The topological polar surface area (TPSA) is 76.2 Å². The van der Waals surface area contributed by atoms with Crippen molar-refractivity contribution in [2.75, 3.05) is 0 Å². The lowest BCUT2D eigenvalue weighted by atomic mass is 10.1. The summed E-state index contributed by atoms with van der Waals surface area (Å²) in [7, 11) is 0. The minimum atomic E-state index is -4.73. The van der Waals surface area contributed by atoms with E-state index in [4.69, 9.17) is 10.00 Å². The Morgan fingerprint density at radius 1 is 1.18 bits per heavy atom. The molecule has 0 aliphatic carbocycles. The molecule has 2 aromatic rings. The molecule has 0 radical (unpaired) electrons. The van der Waals surface area contributed by atoms with Crippen molar-refractivity contribution in [3.63, 3.8) is 0 Å². The first-order chi connectivity index (χ1) is 10.3. The minimum Gasteiger partial charge on any atom is -0.450 e. The second-order valence-corrected chi connectivity index (χ2v) is 4.14. The van der Waals surface area contributed by atoms with Crippen LogP contribution in [-0.4, -0.2) is 4.92 Å². The molecule has 0 amide bonds. The number of benzene rings is 2. The van der Waals surface area contributed by atoms with Crippen LogP contribution in [0.4, 0.5) is 18.9 Å². The Kier molecular flexibility index (Phi) is 3.99. The van der Waals surface area contributed by atoms with E-state index in [0.717, 1.165) is 12.1 Å². The highest BCUT2D eigenvalue weighted by atomic mass is 19.4. The third kappa shape index (κ3) is 3.15. The summed E-state index contributed by atoms with van der Waals surface area (Å²) in [6, 6.07) is 9.47. The molecule has 0 unspecified atom stereocenters. The average Bonchev–Trinajstić information content (AvgIpc) is 2.46. The first kappa shape index (κ1) is 15.3. The van der Waals surface area contributed by atoms with Gasteiger partial charge in [-0.3, -0.25) is 10.1 Å². The van der Waals surface area contributed by atoms with Crippen LogP contribution in [0.1, 0.15) is 11.1 Å². The first-order valence-corrected chi connectivity index (χ1v) is 5.85. The van der Waals surface area contributed by atoms with Crippen molar-refractivity contribution in [1.29, 1.82) is 5.26 Å². The van der Waals surface area contributed by atoms with Gasteiger partial charge in [-0.05, 0) is 24.3 Å². The fourth-order valence-corrected chi connectivity index (χ4v) is 1.74. The Labute approximate surface area is 122 Å². The maximum atomic E-state index is 12.8. The maximum absolute atomic E-state index is 12.8. The zero-order valence-electron chi connectivity index (χ0n) is 10.8. The molecule has 0 bridgehead atoms. The van der Waals surface area contributed by atoms with E-state index >= 15 is 0 Å². The highest BCUT2D eigenvalue weighted by Gasteiger charge is 2.34. The third-order valence-electron chi connectivity index (χ3n) is 2.71. The van der Waals surface area contributed by atoms with Gasteiger partial charge in [0.2, 0.25) is 5.75 Å². The molecule has 0 saturated carbocycles. The molecule has 5 nitrogen and oxygen atoms in total. The molecule has 2 aromatic carbocycles. The minimum absolute atomic E-state index is 0.190. The van der Waals surface area contributed by atoms with Crippen molar-refractivity contribution in [1.82, 2.24) is 0 Å². The number of para-hydroxylation sites is 2. The molecule has 112 valence electrons. The van der Waals surface area contributed by atoms with E-state index in [-0.39, 0.29) is 17.2 Å². The predicted octanol–water partition coefficient (Wildman–Crippen LogP) is 4.28. The molecule has 0 aliphatic heterocycles. The molecular weight excluding hydrogens is 301 g/mol. The molecular formula is C14H7F3N2O3. The van der Waals surface area contributed by atoms with E-state index < -0.39 is 22.2 Å². The SMILES string of the molecule is N#Cc1ccc(Oc2ccccc2[N+](=O)[O-])cc1C(F)(F)F. The van der Waals surface area contributed by atoms with Gasteiger partial charge in [0.1, 0.15) is 5.75 Å². The van der Waals surface area contributed by atoms with Gasteiger partial charge in [0.15, 0.2) is 0 Å². The summed E-state index contributed by atoms with van der Waals surface area (Å²) in [6.07, 6.45) is -4.73. The second kappa shape index (κ2) is 5.73. The monoisotopic (exact) mass is 308 g/mol. The lowest BCUT2D eigenvalue weighted by Crippen LogP contribution is -2.08. The van der Waals surface area contributed by atoms with E-state index in [0.29, 0.717) is 6.07 Å². The van der Waals surface area contributed by atoms with Crippen LogP contribution in [0.5, 0.6) is 11.5 Å². The number of halogens is 3. The van der Waals surface area contributed by atoms with Crippen LogP contribution in [0.25, 0.3) is 0 Å². The summed E-state index contributed by atoms with van der Waals surface area (Å²) in [6.45, 7) is 0. The molecule has 0 aromatic heterocycles. The van der Waals surface area contributed by atoms with Crippen LogP contribution in [0.2, 0.25) is 0 Å². The Hall–Kier alpha value is -3.08. The molecule has 0 atom stereocenters. The lowest BCUT2D eigenvalue weighted by molar-refractivity contribution is -0.385. The summed E-state index contributed by atoms with van der Waals surface area (Å²) < 4.78 is 43.7. The largest absolute Gasteiger partial charge is 0.450 e. The third-order valence-corrected chi connectivity index (χ3v) is 2.71. The van der Waals surface area contributed by atoms with Crippen LogP contribution >= 0.6 is 0 Å². The van der Waals surface area contributed by atoms with Gasteiger partial charge in [0.25, 0.3) is 0 Å². The highest BCUT2D eigenvalue weighted by molar-refractivity contribution is 5.50. The normalized spacial score (nSPS) is 10.8. The molecule has 0 saturated heterocycles. The van der Waals surface area contributed by atoms with Gasteiger partial charge in [0, 0.05) is 6.07 Å². The molecule has 0 fully saturated rings. The summed E-state index contributed by atoms with van der Waals surface area (Å²) in [5.41, 5.74) is -2.09. The number of alkyl halides is 3. The van der Waals surface area contributed by atoms with Crippen molar-refractivity contribution < 1.29 is 22.8 Å². The molecule has 8 heteroatoms. The van der Waals surface area contributed by atoms with Gasteiger partial charge in [0.05, 0.1) is 22.1 Å². The Balaban J connectivity index is 2.44. The molecule has 0 spiro atoms. The number of nitrogens with zero attached hydrogens (tertiary/aromatic N) is 2. The van der Waals surface area contributed by atoms with Crippen LogP contribution in [0.15, 0.2) is 42.5 Å². The van der Waals surface area contributed by atoms with Gasteiger partial charge in [-0.25, -0.2) is 0 Å². The average molecular weight is 308 g/mol. The number of hydrogen-bond donors (Lipinski definition) is 0. The smallest absolute Gasteiger partial charge is 0.417 e. The quantitative estimate of drug-likeness (QED) is 0.626. The van der Waals surface area contributed by atoms with E-state index in [1.54, 1.807) is 0 Å². The number of hydrogen-bond acceptors (Lipinski definition) is 4. The van der Waals surface area contributed by atoms with Crippen molar-refractivity contribution >= 4 is 5.69 Å². The Morgan fingerprint density at radius 2 is 1.86 bits per heavy atom. The molecule has 22 heavy (non-hydrogen) atoms. The maximum Gasteiger partial charge on any atom is 0.417 e. The molecule has 0 aliphatic rings. The molecule has 2 rings (SSSR count). The number of rotatable bonds is 3. The van der Waals surface area contributed by atoms with Crippen molar-refractivity contribution in [3.05, 3.63) is 63.7 Å². The van der Waals surface area contributed by atoms with Crippen molar-refractivity contribution in [2.24, 2.45) is 0 Å². The van der Waals surface area contributed by atoms with Crippen LogP contribution < -0.4 is 4.74 Å².